The molecule has 0 unspecified atom stereocenters. The van der Waals surface area contributed by atoms with Crippen LogP contribution in [-0.2, 0) is 0 Å². The molecule has 0 atom stereocenters. The number of benzene rings is 1. The van der Waals surface area contributed by atoms with E-state index in [0.717, 1.165) is 0 Å². The van der Waals surface area contributed by atoms with Crippen molar-refractivity contribution < 1.29 is 4.79 Å². The number of aromatic nitrogens is 2. The number of nitrogens with one attached hydrogen (secondary N) is 1. The first-order valence-corrected chi connectivity index (χ1v) is 6.30. The molecule has 3 N–H and O–H groups in total. The molecule has 0 spiro atoms. The van der Waals surface area contributed by atoms with Gasteiger partial charge in [0.15, 0.2) is 5.69 Å². The molecule has 3 rings (SSSR count). The van der Waals surface area contributed by atoms with E-state index in [0.29, 0.717) is 11.2 Å². The Morgan fingerprint density at radius 2 is 1.81 bits per heavy atom. The quantitative estimate of drug-likeness (QED) is 0.745. The standard InChI is InChI=1S/C15H12N4O2/c16-13-12(18-14(20)10-6-2-1-3-7-10)15(21)17-11-8-4-5-9-19(11)13/h1-9H,16H2,(H,18,20). The summed E-state index contributed by atoms with van der Waals surface area (Å²) in [5.74, 6) is -0.257. The van der Waals surface area contributed by atoms with E-state index >= 15 is 0 Å². The van der Waals surface area contributed by atoms with Crippen molar-refractivity contribution in [3.63, 3.8) is 0 Å². The fourth-order valence-corrected chi connectivity index (χ4v) is 2.01. The molecular weight excluding hydrogens is 268 g/mol. The number of carbonyl (C=O) groups is 1. The summed E-state index contributed by atoms with van der Waals surface area (Å²) >= 11 is 0. The zero-order chi connectivity index (χ0) is 14.8. The Labute approximate surface area is 119 Å². The molecule has 2 heterocycles. The maximum absolute atomic E-state index is 12.1. The monoisotopic (exact) mass is 280 g/mol. The van der Waals surface area contributed by atoms with Crippen molar-refractivity contribution in [1.29, 1.82) is 0 Å². The van der Waals surface area contributed by atoms with Crippen LogP contribution in [0.4, 0.5) is 11.5 Å². The summed E-state index contributed by atoms with van der Waals surface area (Å²) in [7, 11) is 0. The van der Waals surface area contributed by atoms with Crippen molar-refractivity contribution in [2.45, 2.75) is 0 Å². The summed E-state index contributed by atoms with van der Waals surface area (Å²) in [6, 6.07) is 13.8. The lowest BCUT2D eigenvalue weighted by atomic mass is 10.2. The molecular formula is C15H12N4O2. The summed E-state index contributed by atoms with van der Waals surface area (Å²) in [4.78, 5) is 28.0. The molecule has 21 heavy (non-hydrogen) atoms. The van der Waals surface area contributed by atoms with Gasteiger partial charge in [0.2, 0.25) is 0 Å². The van der Waals surface area contributed by atoms with Gasteiger partial charge in [-0.05, 0) is 24.3 Å². The fraction of sp³-hybridized carbons (Fsp3) is 0. The number of rotatable bonds is 2. The van der Waals surface area contributed by atoms with Crippen molar-refractivity contribution in [2.24, 2.45) is 0 Å². The van der Waals surface area contributed by atoms with Gasteiger partial charge in [0.05, 0.1) is 0 Å². The number of fused-ring (bicyclic) bond motifs is 1. The second-order valence-electron chi connectivity index (χ2n) is 4.43. The summed E-state index contributed by atoms with van der Waals surface area (Å²) in [5, 5.41) is 2.53. The van der Waals surface area contributed by atoms with E-state index in [-0.39, 0.29) is 11.5 Å². The molecule has 0 aliphatic heterocycles. The molecule has 0 saturated carbocycles. The maximum atomic E-state index is 12.1. The second kappa shape index (κ2) is 5.09. The zero-order valence-corrected chi connectivity index (χ0v) is 11.0. The second-order valence-corrected chi connectivity index (χ2v) is 4.43. The predicted octanol–water partition coefficient (Wildman–Crippen LogP) is 1.53. The number of nitrogen functional groups attached to an aromatic ring is 1. The van der Waals surface area contributed by atoms with Crippen LogP contribution in [0.2, 0.25) is 0 Å². The lowest BCUT2D eigenvalue weighted by molar-refractivity contribution is 0.102. The Balaban J connectivity index is 2.05. The number of carbonyl (C=O) groups excluding carboxylic acids is 1. The number of anilines is 2. The molecule has 0 saturated heterocycles. The SMILES string of the molecule is Nc1c(NC(=O)c2ccccc2)c(=O)nc2ccccn12. The third-order valence-corrected chi connectivity index (χ3v) is 3.06. The summed E-state index contributed by atoms with van der Waals surface area (Å²) in [6.07, 6.45) is 1.68. The van der Waals surface area contributed by atoms with Crippen LogP contribution < -0.4 is 16.6 Å². The lowest BCUT2D eigenvalue weighted by Gasteiger charge is -2.10. The molecule has 1 amide bonds. The Morgan fingerprint density at radius 3 is 2.57 bits per heavy atom. The largest absolute Gasteiger partial charge is 0.383 e. The van der Waals surface area contributed by atoms with Gasteiger partial charge in [-0.1, -0.05) is 24.3 Å². The Kier molecular flexibility index (Phi) is 3.12. The van der Waals surface area contributed by atoms with Gasteiger partial charge in [0.1, 0.15) is 11.5 Å². The Bertz CT molecular complexity index is 872. The highest BCUT2D eigenvalue weighted by Gasteiger charge is 2.14. The van der Waals surface area contributed by atoms with E-state index in [1.807, 2.05) is 0 Å². The van der Waals surface area contributed by atoms with Crippen LogP contribution in [0.15, 0.2) is 59.5 Å². The summed E-state index contributed by atoms with van der Waals surface area (Å²) in [5.41, 5.74) is 6.23. The van der Waals surface area contributed by atoms with Gasteiger partial charge in [-0.15, -0.1) is 0 Å². The number of pyridine rings is 1. The Morgan fingerprint density at radius 1 is 1.10 bits per heavy atom. The Hall–Kier alpha value is -3.15. The molecule has 0 fully saturated rings. The smallest absolute Gasteiger partial charge is 0.299 e. The van der Waals surface area contributed by atoms with E-state index in [2.05, 4.69) is 10.3 Å². The topological polar surface area (TPSA) is 89.5 Å². The molecule has 104 valence electrons. The number of hydrogen-bond acceptors (Lipinski definition) is 4. The van der Waals surface area contributed by atoms with E-state index < -0.39 is 11.5 Å². The molecule has 1 aromatic carbocycles. The van der Waals surface area contributed by atoms with Crippen molar-refractivity contribution >= 4 is 23.1 Å². The molecule has 0 radical (unpaired) electrons. The minimum Gasteiger partial charge on any atom is -0.383 e. The highest BCUT2D eigenvalue weighted by atomic mass is 16.2. The molecule has 3 aromatic rings. The van der Waals surface area contributed by atoms with E-state index in [9.17, 15) is 9.59 Å². The summed E-state index contributed by atoms with van der Waals surface area (Å²) < 4.78 is 1.54. The van der Waals surface area contributed by atoms with E-state index in [1.165, 1.54) is 0 Å². The lowest BCUT2D eigenvalue weighted by Crippen LogP contribution is -2.23. The molecule has 0 aliphatic carbocycles. The van der Waals surface area contributed by atoms with Crippen LogP contribution in [0.3, 0.4) is 0 Å². The van der Waals surface area contributed by atoms with Gasteiger partial charge < -0.3 is 11.1 Å². The summed E-state index contributed by atoms with van der Waals surface area (Å²) in [6.45, 7) is 0. The fourth-order valence-electron chi connectivity index (χ4n) is 2.01. The van der Waals surface area contributed by atoms with Crippen LogP contribution in [0.5, 0.6) is 0 Å². The molecule has 6 heteroatoms. The van der Waals surface area contributed by atoms with Gasteiger partial charge in [-0.3, -0.25) is 14.0 Å². The molecule has 0 bridgehead atoms. The maximum Gasteiger partial charge on any atom is 0.299 e. The first kappa shape index (κ1) is 12.9. The van der Waals surface area contributed by atoms with E-state index in [1.54, 1.807) is 59.1 Å². The average Bonchev–Trinajstić information content (AvgIpc) is 2.52. The average molecular weight is 280 g/mol. The number of nitrogens with two attached hydrogens (primary N) is 1. The first-order chi connectivity index (χ1) is 10.2. The number of hydrogen-bond donors (Lipinski definition) is 2. The highest BCUT2D eigenvalue weighted by Crippen LogP contribution is 2.15. The van der Waals surface area contributed by atoms with Gasteiger partial charge in [0, 0.05) is 11.8 Å². The van der Waals surface area contributed by atoms with Crippen LogP contribution in [0.25, 0.3) is 5.65 Å². The number of amides is 1. The minimum atomic E-state index is -0.567. The third kappa shape index (κ3) is 2.34. The predicted molar refractivity (Wildman–Crippen MR) is 80.3 cm³/mol. The van der Waals surface area contributed by atoms with E-state index in [4.69, 9.17) is 5.73 Å². The van der Waals surface area contributed by atoms with Crippen molar-refractivity contribution in [2.75, 3.05) is 11.1 Å². The van der Waals surface area contributed by atoms with Crippen LogP contribution in [0.1, 0.15) is 10.4 Å². The van der Waals surface area contributed by atoms with Gasteiger partial charge in [0.25, 0.3) is 11.5 Å². The van der Waals surface area contributed by atoms with Crippen molar-refractivity contribution in [3.05, 3.63) is 70.6 Å². The molecule has 6 nitrogen and oxygen atoms in total. The normalized spacial score (nSPS) is 10.5. The molecule has 2 aromatic heterocycles. The van der Waals surface area contributed by atoms with Gasteiger partial charge >= 0.3 is 0 Å². The van der Waals surface area contributed by atoms with Crippen molar-refractivity contribution in [1.82, 2.24) is 9.38 Å². The minimum absolute atomic E-state index is 0.0208. The van der Waals surface area contributed by atoms with Gasteiger partial charge in [-0.2, -0.15) is 4.98 Å². The van der Waals surface area contributed by atoms with Gasteiger partial charge in [-0.25, -0.2) is 0 Å². The van der Waals surface area contributed by atoms with Crippen LogP contribution >= 0.6 is 0 Å². The molecule has 0 aliphatic rings. The highest BCUT2D eigenvalue weighted by molar-refractivity contribution is 6.05. The van der Waals surface area contributed by atoms with Crippen molar-refractivity contribution in [3.8, 4) is 0 Å². The van der Waals surface area contributed by atoms with Crippen LogP contribution in [0, 0.1) is 0 Å². The number of nitrogens with zero attached hydrogens (tertiary/aromatic N) is 2. The third-order valence-electron chi connectivity index (χ3n) is 3.06. The zero-order valence-electron chi connectivity index (χ0n) is 11.0. The first-order valence-electron chi connectivity index (χ1n) is 6.30. The van der Waals surface area contributed by atoms with Crippen LogP contribution in [-0.4, -0.2) is 15.3 Å².